The zero-order chi connectivity index (χ0) is 22.1. The highest BCUT2D eigenvalue weighted by atomic mass is 16.5. The van der Waals surface area contributed by atoms with Crippen LogP contribution in [0, 0.1) is 6.92 Å². The molecular formula is C25H32N2O4. The molecule has 0 aromatic heterocycles. The number of carbonyl (C=O) groups is 1. The van der Waals surface area contributed by atoms with Crippen molar-refractivity contribution in [2.75, 3.05) is 26.9 Å². The van der Waals surface area contributed by atoms with Crippen molar-refractivity contribution in [1.29, 1.82) is 0 Å². The molecule has 6 heteroatoms. The largest absolute Gasteiger partial charge is 0.493 e. The van der Waals surface area contributed by atoms with E-state index in [1.165, 1.54) is 5.56 Å². The van der Waals surface area contributed by atoms with Gasteiger partial charge in [0.15, 0.2) is 11.5 Å². The molecule has 31 heavy (non-hydrogen) atoms. The molecule has 6 nitrogen and oxygen atoms in total. The maximum atomic E-state index is 13.0. The summed E-state index contributed by atoms with van der Waals surface area (Å²) in [5, 5.41) is 3.05. The van der Waals surface area contributed by atoms with Gasteiger partial charge < -0.3 is 24.4 Å². The Balaban J connectivity index is 1.69. The van der Waals surface area contributed by atoms with Crippen LogP contribution in [0.4, 0.5) is 4.79 Å². The van der Waals surface area contributed by atoms with Crippen LogP contribution in [0.5, 0.6) is 11.5 Å². The van der Waals surface area contributed by atoms with Gasteiger partial charge in [-0.25, -0.2) is 4.79 Å². The molecule has 2 aromatic rings. The number of ether oxygens (including phenoxy) is 3. The number of carbonyl (C=O) groups excluding carboxylic acids is 1. The Labute approximate surface area is 184 Å². The first kappa shape index (κ1) is 22.7. The summed E-state index contributed by atoms with van der Waals surface area (Å²) >= 11 is 0. The minimum atomic E-state index is -0.109. The molecule has 1 unspecified atom stereocenters. The van der Waals surface area contributed by atoms with E-state index in [2.05, 4.69) is 11.9 Å². The number of hydrogen-bond donors (Lipinski definition) is 1. The molecular weight excluding hydrogens is 392 g/mol. The number of nitrogens with one attached hydrogen (secondary N) is 1. The number of benzene rings is 2. The highest BCUT2D eigenvalue weighted by Gasteiger charge is 2.23. The minimum Gasteiger partial charge on any atom is -0.493 e. The van der Waals surface area contributed by atoms with Crippen LogP contribution in [-0.4, -0.2) is 43.9 Å². The average molecular weight is 425 g/mol. The predicted octanol–water partition coefficient (Wildman–Crippen LogP) is 4.46. The smallest absolute Gasteiger partial charge is 0.318 e. The lowest BCUT2D eigenvalue weighted by Gasteiger charge is -2.26. The van der Waals surface area contributed by atoms with Gasteiger partial charge in [-0.05, 0) is 43.0 Å². The van der Waals surface area contributed by atoms with Crippen molar-refractivity contribution < 1.29 is 19.0 Å². The number of methoxy groups -OCH3 is 1. The summed E-state index contributed by atoms with van der Waals surface area (Å²) in [4.78, 5) is 14.8. The lowest BCUT2D eigenvalue weighted by molar-refractivity contribution is 0.0794. The highest BCUT2D eigenvalue weighted by Crippen LogP contribution is 2.29. The second-order valence-electron chi connectivity index (χ2n) is 7.74. The zero-order valence-corrected chi connectivity index (χ0v) is 18.4. The van der Waals surface area contributed by atoms with E-state index in [9.17, 15) is 4.79 Å². The third kappa shape index (κ3) is 6.76. The normalized spacial score (nSPS) is 15.4. The Bertz CT molecular complexity index is 860. The predicted molar refractivity (Wildman–Crippen MR) is 121 cm³/mol. The molecule has 1 atom stereocenters. The molecule has 2 aromatic carbocycles. The fourth-order valence-electron chi connectivity index (χ4n) is 3.55. The van der Waals surface area contributed by atoms with Crippen LogP contribution in [0.3, 0.4) is 0 Å². The summed E-state index contributed by atoms with van der Waals surface area (Å²) in [6.45, 7) is 8.38. The number of urea groups is 1. The second kappa shape index (κ2) is 11.4. The summed E-state index contributed by atoms with van der Waals surface area (Å²) in [7, 11) is 1.61. The Hall–Kier alpha value is -2.99. The summed E-state index contributed by atoms with van der Waals surface area (Å²) in [5.74, 6) is 1.29. The fraction of sp³-hybridized carbons (Fsp3) is 0.400. The van der Waals surface area contributed by atoms with Gasteiger partial charge in [-0.1, -0.05) is 48.6 Å². The van der Waals surface area contributed by atoms with Gasteiger partial charge in [-0.15, -0.1) is 0 Å². The van der Waals surface area contributed by atoms with E-state index < -0.39 is 0 Å². The van der Waals surface area contributed by atoms with Gasteiger partial charge in [0.2, 0.25) is 0 Å². The molecule has 0 aliphatic carbocycles. The van der Waals surface area contributed by atoms with E-state index in [0.29, 0.717) is 37.7 Å². The van der Waals surface area contributed by atoms with Gasteiger partial charge >= 0.3 is 6.03 Å². The molecule has 1 aliphatic heterocycles. The summed E-state index contributed by atoms with van der Waals surface area (Å²) in [6.07, 6.45) is 3.77. The van der Waals surface area contributed by atoms with Crippen molar-refractivity contribution in [3.8, 4) is 11.5 Å². The molecule has 3 rings (SSSR count). The molecule has 2 amide bonds. The van der Waals surface area contributed by atoms with Gasteiger partial charge in [0.05, 0.1) is 13.2 Å². The maximum Gasteiger partial charge on any atom is 0.318 e. The molecule has 0 radical (unpaired) electrons. The van der Waals surface area contributed by atoms with Crippen LogP contribution in [0.25, 0.3) is 0 Å². The molecule has 1 N–H and O–H groups in total. The SMILES string of the molecule is C=CCOc1ccc(CN(CC2CCCO2)C(=O)NCc2ccc(C)cc2)cc1OC. The molecule has 0 saturated carbocycles. The number of nitrogens with zero attached hydrogens (tertiary/aromatic N) is 1. The van der Waals surface area contributed by atoms with E-state index in [0.717, 1.165) is 30.6 Å². The third-order valence-electron chi connectivity index (χ3n) is 5.26. The minimum absolute atomic E-state index is 0.0715. The van der Waals surface area contributed by atoms with Gasteiger partial charge in [0, 0.05) is 26.2 Å². The number of rotatable bonds is 10. The summed E-state index contributed by atoms with van der Waals surface area (Å²) < 4.78 is 16.9. The molecule has 0 spiro atoms. The first-order valence-electron chi connectivity index (χ1n) is 10.7. The van der Waals surface area contributed by atoms with E-state index in [4.69, 9.17) is 14.2 Å². The van der Waals surface area contributed by atoms with Crippen molar-refractivity contribution in [1.82, 2.24) is 10.2 Å². The topological polar surface area (TPSA) is 60.0 Å². The van der Waals surface area contributed by atoms with E-state index >= 15 is 0 Å². The van der Waals surface area contributed by atoms with Gasteiger partial charge in [-0.2, -0.15) is 0 Å². The molecule has 1 aliphatic rings. The Morgan fingerprint density at radius 3 is 2.68 bits per heavy atom. The van der Waals surface area contributed by atoms with Crippen molar-refractivity contribution in [3.63, 3.8) is 0 Å². The molecule has 1 fully saturated rings. The monoisotopic (exact) mass is 424 g/mol. The van der Waals surface area contributed by atoms with E-state index in [-0.39, 0.29) is 12.1 Å². The van der Waals surface area contributed by atoms with Crippen LogP contribution in [0.2, 0.25) is 0 Å². The zero-order valence-electron chi connectivity index (χ0n) is 18.4. The fourth-order valence-corrected chi connectivity index (χ4v) is 3.55. The summed E-state index contributed by atoms with van der Waals surface area (Å²) in [5.41, 5.74) is 3.23. The highest BCUT2D eigenvalue weighted by molar-refractivity contribution is 5.74. The first-order chi connectivity index (χ1) is 15.1. The van der Waals surface area contributed by atoms with Crippen molar-refractivity contribution in [2.45, 2.75) is 39.0 Å². The van der Waals surface area contributed by atoms with Crippen LogP contribution < -0.4 is 14.8 Å². The van der Waals surface area contributed by atoms with Gasteiger partial charge in [-0.3, -0.25) is 0 Å². The van der Waals surface area contributed by atoms with Crippen molar-refractivity contribution >= 4 is 6.03 Å². The maximum absolute atomic E-state index is 13.0. The van der Waals surface area contributed by atoms with E-state index in [1.54, 1.807) is 13.2 Å². The van der Waals surface area contributed by atoms with Gasteiger partial charge in [0.25, 0.3) is 0 Å². The first-order valence-corrected chi connectivity index (χ1v) is 10.7. The van der Waals surface area contributed by atoms with Crippen LogP contribution in [-0.2, 0) is 17.8 Å². The quantitative estimate of drug-likeness (QED) is 0.572. The Morgan fingerprint density at radius 1 is 1.23 bits per heavy atom. The van der Waals surface area contributed by atoms with Crippen LogP contribution >= 0.6 is 0 Å². The molecule has 1 heterocycles. The van der Waals surface area contributed by atoms with Crippen LogP contribution in [0.15, 0.2) is 55.1 Å². The average Bonchev–Trinajstić information content (AvgIpc) is 3.30. The third-order valence-corrected chi connectivity index (χ3v) is 5.26. The number of hydrogen-bond acceptors (Lipinski definition) is 4. The molecule has 1 saturated heterocycles. The lowest BCUT2D eigenvalue weighted by Crippen LogP contribution is -2.43. The Kier molecular flexibility index (Phi) is 8.35. The Morgan fingerprint density at radius 2 is 2.00 bits per heavy atom. The van der Waals surface area contributed by atoms with Crippen LogP contribution in [0.1, 0.15) is 29.5 Å². The number of aryl methyl sites for hydroxylation is 1. The number of amides is 2. The van der Waals surface area contributed by atoms with E-state index in [1.807, 2.05) is 54.3 Å². The van der Waals surface area contributed by atoms with Crippen molar-refractivity contribution in [2.24, 2.45) is 0 Å². The second-order valence-corrected chi connectivity index (χ2v) is 7.74. The molecule has 0 bridgehead atoms. The van der Waals surface area contributed by atoms with Crippen molar-refractivity contribution in [3.05, 3.63) is 71.8 Å². The van der Waals surface area contributed by atoms with Gasteiger partial charge in [0.1, 0.15) is 6.61 Å². The summed E-state index contributed by atoms with van der Waals surface area (Å²) in [6, 6.07) is 13.8. The molecule has 166 valence electrons. The standard InChI is InChI=1S/C25H32N2O4/c1-4-13-31-23-12-11-21(15-24(23)29-3)17-27(18-22-6-5-14-30-22)25(28)26-16-20-9-7-19(2)8-10-20/h4,7-12,15,22H,1,5-6,13-14,16-18H2,2-3H3,(H,26,28). The lowest BCUT2D eigenvalue weighted by atomic mass is 10.1.